The maximum atomic E-state index is 13.1. The zero-order valence-electron chi connectivity index (χ0n) is 12.9. The second-order valence-corrected chi connectivity index (χ2v) is 8.03. The van der Waals surface area contributed by atoms with Crippen LogP contribution in [0.3, 0.4) is 0 Å². The molecule has 0 atom stereocenters. The lowest BCUT2D eigenvalue weighted by atomic mass is 10.1. The highest BCUT2D eigenvalue weighted by molar-refractivity contribution is 7.91. The SMILES string of the molecule is Cl.O=S(=O)(c1ccc(F)cc1)c1cc(Cl)c2oc3c(c2c1)CNCC3. The van der Waals surface area contributed by atoms with E-state index < -0.39 is 15.7 Å². The molecule has 3 aromatic rings. The summed E-state index contributed by atoms with van der Waals surface area (Å²) in [6, 6.07) is 7.69. The maximum Gasteiger partial charge on any atom is 0.206 e. The lowest BCUT2D eigenvalue weighted by Crippen LogP contribution is -2.22. The van der Waals surface area contributed by atoms with Crippen LogP contribution in [-0.4, -0.2) is 15.0 Å². The van der Waals surface area contributed by atoms with Crippen LogP contribution in [0, 0.1) is 5.82 Å². The second kappa shape index (κ2) is 6.61. The molecule has 0 saturated carbocycles. The predicted molar refractivity (Wildman–Crippen MR) is 95.7 cm³/mol. The minimum absolute atomic E-state index is 0. The zero-order chi connectivity index (χ0) is 16.9. The summed E-state index contributed by atoms with van der Waals surface area (Å²) >= 11 is 6.26. The van der Waals surface area contributed by atoms with Crippen LogP contribution in [0.4, 0.5) is 4.39 Å². The molecule has 8 heteroatoms. The van der Waals surface area contributed by atoms with Gasteiger partial charge < -0.3 is 9.73 Å². The van der Waals surface area contributed by atoms with E-state index in [0.29, 0.717) is 17.5 Å². The van der Waals surface area contributed by atoms with E-state index in [-0.39, 0.29) is 27.2 Å². The fourth-order valence-electron chi connectivity index (χ4n) is 2.95. The Morgan fingerprint density at radius 3 is 2.56 bits per heavy atom. The number of hydrogen-bond donors (Lipinski definition) is 1. The van der Waals surface area contributed by atoms with Gasteiger partial charge in [-0.25, -0.2) is 12.8 Å². The maximum absolute atomic E-state index is 13.1. The van der Waals surface area contributed by atoms with Crippen LogP contribution in [0.2, 0.25) is 5.02 Å². The van der Waals surface area contributed by atoms with Gasteiger partial charge in [0, 0.05) is 30.5 Å². The Hall–Kier alpha value is -1.60. The molecule has 1 aromatic heterocycles. The third kappa shape index (κ3) is 3.04. The van der Waals surface area contributed by atoms with Gasteiger partial charge in [0.05, 0.1) is 14.8 Å². The lowest BCUT2D eigenvalue weighted by molar-refractivity contribution is 0.500. The van der Waals surface area contributed by atoms with Crippen LogP contribution in [0.25, 0.3) is 11.0 Å². The molecular formula is C17H14Cl2FNO3S. The minimum Gasteiger partial charge on any atom is -0.459 e. The summed E-state index contributed by atoms with van der Waals surface area (Å²) in [7, 11) is -3.79. The second-order valence-electron chi connectivity index (χ2n) is 5.67. The average molecular weight is 402 g/mol. The topological polar surface area (TPSA) is 59.3 Å². The smallest absolute Gasteiger partial charge is 0.206 e. The summed E-state index contributed by atoms with van der Waals surface area (Å²) in [6.45, 7) is 1.42. The first-order chi connectivity index (χ1) is 11.5. The van der Waals surface area contributed by atoms with Crippen LogP contribution < -0.4 is 5.32 Å². The summed E-state index contributed by atoms with van der Waals surface area (Å²) in [5, 5.41) is 4.19. The van der Waals surface area contributed by atoms with E-state index >= 15 is 0 Å². The molecule has 0 radical (unpaired) electrons. The number of rotatable bonds is 2. The van der Waals surface area contributed by atoms with E-state index in [1.807, 2.05) is 0 Å². The molecule has 0 spiro atoms. The Morgan fingerprint density at radius 2 is 1.84 bits per heavy atom. The first kappa shape index (κ1) is 18.2. The van der Waals surface area contributed by atoms with Gasteiger partial charge in [-0.2, -0.15) is 0 Å². The summed E-state index contributed by atoms with van der Waals surface area (Å²) in [6.07, 6.45) is 0.736. The Morgan fingerprint density at radius 1 is 1.12 bits per heavy atom. The van der Waals surface area contributed by atoms with Gasteiger partial charge in [-0.1, -0.05) is 11.6 Å². The molecule has 0 fully saturated rings. The van der Waals surface area contributed by atoms with Gasteiger partial charge >= 0.3 is 0 Å². The molecule has 4 nitrogen and oxygen atoms in total. The van der Waals surface area contributed by atoms with E-state index in [1.54, 1.807) is 6.07 Å². The van der Waals surface area contributed by atoms with Crippen molar-refractivity contribution in [3.05, 3.63) is 58.6 Å². The molecule has 0 aliphatic carbocycles. The molecule has 25 heavy (non-hydrogen) atoms. The van der Waals surface area contributed by atoms with Crippen molar-refractivity contribution in [2.45, 2.75) is 22.8 Å². The molecule has 0 unspecified atom stereocenters. The highest BCUT2D eigenvalue weighted by atomic mass is 35.5. The van der Waals surface area contributed by atoms with Crippen molar-refractivity contribution in [2.75, 3.05) is 6.54 Å². The third-order valence-corrected chi connectivity index (χ3v) is 6.20. The van der Waals surface area contributed by atoms with Crippen LogP contribution in [0.15, 0.2) is 50.6 Å². The molecule has 132 valence electrons. The van der Waals surface area contributed by atoms with Gasteiger partial charge in [0.2, 0.25) is 9.84 Å². The quantitative estimate of drug-likeness (QED) is 0.655. The molecule has 0 bridgehead atoms. The first-order valence-electron chi connectivity index (χ1n) is 7.42. The third-order valence-electron chi connectivity index (χ3n) is 4.17. The van der Waals surface area contributed by atoms with Crippen molar-refractivity contribution in [3.8, 4) is 0 Å². The van der Waals surface area contributed by atoms with E-state index in [0.717, 1.165) is 36.4 Å². The number of halogens is 3. The van der Waals surface area contributed by atoms with Crippen molar-refractivity contribution < 1.29 is 17.2 Å². The van der Waals surface area contributed by atoms with Gasteiger partial charge in [0.25, 0.3) is 0 Å². The van der Waals surface area contributed by atoms with Crippen LogP contribution >= 0.6 is 24.0 Å². The Balaban J connectivity index is 0.00000182. The lowest BCUT2D eigenvalue weighted by Gasteiger charge is -2.11. The number of fused-ring (bicyclic) bond motifs is 3. The van der Waals surface area contributed by atoms with E-state index in [9.17, 15) is 12.8 Å². The minimum atomic E-state index is -3.79. The van der Waals surface area contributed by atoms with Crippen LogP contribution in [-0.2, 0) is 22.8 Å². The molecule has 0 saturated heterocycles. The summed E-state index contributed by atoms with van der Waals surface area (Å²) in [4.78, 5) is 0.0931. The van der Waals surface area contributed by atoms with Gasteiger partial charge in [0.15, 0.2) is 5.58 Å². The zero-order valence-corrected chi connectivity index (χ0v) is 15.3. The number of hydrogen-bond acceptors (Lipinski definition) is 4. The number of nitrogens with one attached hydrogen (secondary N) is 1. The first-order valence-corrected chi connectivity index (χ1v) is 9.28. The van der Waals surface area contributed by atoms with Gasteiger partial charge in [-0.05, 0) is 36.4 Å². The molecular weight excluding hydrogens is 388 g/mol. The van der Waals surface area contributed by atoms with Crippen molar-refractivity contribution in [3.63, 3.8) is 0 Å². The standard InChI is InChI=1S/C17H13ClFNO3S.ClH/c18-15-8-12(24(21,22)11-3-1-10(19)2-4-11)7-13-14-9-20-6-5-16(14)23-17(13)15;/h1-4,7-8,20H,5-6,9H2;1H. The molecule has 4 rings (SSSR count). The Labute approximate surface area is 155 Å². The van der Waals surface area contributed by atoms with Gasteiger partial charge in [-0.15, -0.1) is 12.4 Å². The van der Waals surface area contributed by atoms with Crippen molar-refractivity contribution >= 4 is 44.8 Å². The molecule has 1 aliphatic heterocycles. The van der Waals surface area contributed by atoms with Crippen molar-refractivity contribution in [2.24, 2.45) is 0 Å². The summed E-state index contributed by atoms with van der Waals surface area (Å²) in [5.41, 5.74) is 1.44. The average Bonchev–Trinajstić information content (AvgIpc) is 2.95. The predicted octanol–water partition coefficient (Wildman–Crippen LogP) is 4.13. The van der Waals surface area contributed by atoms with Gasteiger partial charge in [-0.3, -0.25) is 0 Å². The summed E-state index contributed by atoms with van der Waals surface area (Å²) in [5.74, 6) is 0.347. The largest absolute Gasteiger partial charge is 0.459 e. The molecule has 0 amide bonds. The monoisotopic (exact) mass is 401 g/mol. The molecule has 2 aromatic carbocycles. The van der Waals surface area contributed by atoms with Crippen molar-refractivity contribution in [1.82, 2.24) is 5.32 Å². The van der Waals surface area contributed by atoms with Crippen LogP contribution in [0.5, 0.6) is 0 Å². The molecule has 1 N–H and O–H groups in total. The highest BCUT2D eigenvalue weighted by Crippen LogP contribution is 2.36. The highest BCUT2D eigenvalue weighted by Gasteiger charge is 2.24. The van der Waals surface area contributed by atoms with E-state index in [4.69, 9.17) is 16.0 Å². The van der Waals surface area contributed by atoms with E-state index in [1.165, 1.54) is 18.2 Å². The number of furan rings is 1. The van der Waals surface area contributed by atoms with E-state index in [2.05, 4.69) is 5.32 Å². The fourth-order valence-corrected chi connectivity index (χ4v) is 4.58. The van der Waals surface area contributed by atoms with Gasteiger partial charge in [0.1, 0.15) is 11.6 Å². The Kier molecular flexibility index (Phi) is 4.81. The number of benzene rings is 2. The molecule has 2 heterocycles. The molecule has 1 aliphatic rings. The summed E-state index contributed by atoms with van der Waals surface area (Å²) < 4.78 is 44.5. The normalized spacial score (nSPS) is 14.2. The fraction of sp³-hybridized carbons (Fsp3) is 0.176. The van der Waals surface area contributed by atoms with Crippen molar-refractivity contribution in [1.29, 1.82) is 0 Å². The Bertz CT molecular complexity index is 1050. The number of sulfone groups is 1. The van der Waals surface area contributed by atoms with Crippen LogP contribution in [0.1, 0.15) is 11.3 Å².